The topological polar surface area (TPSA) is 0 Å². The predicted octanol–water partition coefficient (Wildman–Crippen LogP) is 14.6. The summed E-state index contributed by atoms with van der Waals surface area (Å²) in [5.74, 6) is 2.13. The first kappa shape index (κ1) is 38.8. The number of aryl methyl sites for hydroxylation is 1. The first-order valence-corrected chi connectivity index (χ1v) is 18.5. The largest absolute Gasteiger partial charge is 0.102 e. The van der Waals surface area contributed by atoms with Gasteiger partial charge in [0, 0.05) is 5.92 Å². The van der Waals surface area contributed by atoms with Crippen LogP contribution in [0, 0.1) is 44.4 Å². The van der Waals surface area contributed by atoms with E-state index in [1.54, 1.807) is 0 Å². The molecule has 0 aliphatic carbocycles. The normalized spacial score (nSPS) is 14.6. The van der Waals surface area contributed by atoms with Crippen molar-refractivity contribution in [1.29, 1.82) is 0 Å². The lowest BCUT2D eigenvalue weighted by Gasteiger charge is -2.25. The Balaban J connectivity index is 2.07. The molecule has 0 nitrogen and oxygen atoms in total. The SMILES string of the molecule is C=CC(C)C(=C)/C(=C\C(C)C)C(=C)C(C)c1cccc(-c2cccc(-c3cc(C)c(CC(C)C(C)CCCC)c(/C=C\C)c3)c2C)c1C. The monoisotopic (exact) mass is 641 g/mol. The standard InChI is InChI=1S/C48H64/c1-15-18-22-33(7)34(8)29-47-35(9)28-42(30-41(47)21-16-2)44-24-20-26-46(40(44)14)45-25-19-23-43(39(45)13)37(11)38(12)48(27-31(4)5)36(10)32(6)17-3/h16-17,19-21,23-28,30-34,37H,3,10,12,15,18,22,29H2,1-2,4-9,11,13-14H3/b21-16-,48-27+. The molecule has 0 saturated carbocycles. The summed E-state index contributed by atoms with van der Waals surface area (Å²) in [5, 5.41) is 0. The number of rotatable bonds is 16. The van der Waals surface area contributed by atoms with E-state index in [0.29, 0.717) is 11.8 Å². The predicted molar refractivity (Wildman–Crippen MR) is 217 cm³/mol. The van der Waals surface area contributed by atoms with Crippen molar-refractivity contribution in [1.82, 2.24) is 0 Å². The van der Waals surface area contributed by atoms with E-state index in [1.807, 2.05) is 6.08 Å². The van der Waals surface area contributed by atoms with Crippen LogP contribution in [0.15, 0.2) is 103 Å². The van der Waals surface area contributed by atoms with Crippen molar-refractivity contribution in [2.24, 2.45) is 23.7 Å². The molecule has 4 atom stereocenters. The van der Waals surface area contributed by atoms with E-state index in [2.05, 4.69) is 163 Å². The summed E-state index contributed by atoms with van der Waals surface area (Å²) in [4.78, 5) is 0. The van der Waals surface area contributed by atoms with Crippen molar-refractivity contribution in [2.45, 2.75) is 108 Å². The van der Waals surface area contributed by atoms with Gasteiger partial charge in [0.25, 0.3) is 0 Å². The van der Waals surface area contributed by atoms with Crippen LogP contribution in [0.2, 0.25) is 0 Å². The third-order valence-corrected chi connectivity index (χ3v) is 10.8. The quantitative estimate of drug-likeness (QED) is 0.108. The molecule has 48 heavy (non-hydrogen) atoms. The average Bonchev–Trinajstić information content (AvgIpc) is 3.06. The van der Waals surface area contributed by atoms with E-state index >= 15 is 0 Å². The molecule has 0 spiro atoms. The Labute approximate surface area is 295 Å². The molecule has 3 aromatic rings. The molecule has 0 N–H and O–H groups in total. The zero-order chi connectivity index (χ0) is 35.7. The molecule has 0 bridgehead atoms. The average molecular weight is 641 g/mol. The smallest absolute Gasteiger partial charge is 0.00638 e. The summed E-state index contributed by atoms with van der Waals surface area (Å²) < 4.78 is 0. The van der Waals surface area contributed by atoms with Crippen molar-refractivity contribution < 1.29 is 0 Å². The van der Waals surface area contributed by atoms with E-state index in [-0.39, 0.29) is 11.8 Å². The van der Waals surface area contributed by atoms with Gasteiger partial charge in [-0.2, -0.15) is 0 Å². The Morgan fingerprint density at radius 3 is 2.02 bits per heavy atom. The summed E-state index contributed by atoms with van der Waals surface area (Å²) in [6, 6.07) is 18.4. The summed E-state index contributed by atoms with van der Waals surface area (Å²) in [6.07, 6.45) is 13.8. The summed E-state index contributed by atoms with van der Waals surface area (Å²) >= 11 is 0. The Morgan fingerprint density at radius 1 is 0.792 bits per heavy atom. The van der Waals surface area contributed by atoms with Gasteiger partial charge in [-0.3, -0.25) is 0 Å². The summed E-state index contributed by atoms with van der Waals surface area (Å²) in [7, 11) is 0. The number of benzene rings is 3. The van der Waals surface area contributed by atoms with Gasteiger partial charge < -0.3 is 0 Å². The highest BCUT2D eigenvalue weighted by atomic mass is 14.3. The molecule has 0 aromatic heterocycles. The lowest BCUT2D eigenvalue weighted by molar-refractivity contribution is 0.353. The minimum atomic E-state index is 0.151. The second kappa shape index (κ2) is 17.7. The van der Waals surface area contributed by atoms with Crippen molar-refractivity contribution in [2.75, 3.05) is 0 Å². The van der Waals surface area contributed by atoms with Crippen molar-refractivity contribution in [3.05, 3.63) is 137 Å². The maximum Gasteiger partial charge on any atom is 0.00638 e. The highest BCUT2D eigenvalue weighted by molar-refractivity contribution is 5.82. The molecule has 4 unspecified atom stereocenters. The van der Waals surface area contributed by atoms with Crippen LogP contribution in [-0.2, 0) is 6.42 Å². The maximum atomic E-state index is 4.65. The van der Waals surface area contributed by atoms with Gasteiger partial charge in [-0.05, 0) is 136 Å². The molecule has 0 saturated heterocycles. The third-order valence-electron chi connectivity index (χ3n) is 10.8. The molecule has 0 fully saturated rings. The first-order valence-electron chi connectivity index (χ1n) is 18.5. The Kier molecular flexibility index (Phi) is 14.3. The van der Waals surface area contributed by atoms with E-state index < -0.39 is 0 Å². The highest BCUT2D eigenvalue weighted by Crippen LogP contribution is 2.41. The second-order valence-electron chi connectivity index (χ2n) is 14.8. The van der Waals surface area contributed by atoms with E-state index in [0.717, 1.165) is 23.5 Å². The fourth-order valence-electron chi connectivity index (χ4n) is 7.16. The maximum absolute atomic E-state index is 4.65. The van der Waals surface area contributed by atoms with Crippen LogP contribution in [-0.4, -0.2) is 0 Å². The molecule has 0 heteroatoms. The minimum absolute atomic E-state index is 0.151. The van der Waals surface area contributed by atoms with Gasteiger partial charge in [0.15, 0.2) is 0 Å². The van der Waals surface area contributed by atoms with Gasteiger partial charge >= 0.3 is 0 Å². The molecular weight excluding hydrogens is 577 g/mol. The van der Waals surface area contributed by atoms with Crippen LogP contribution in [0.4, 0.5) is 0 Å². The molecule has 3 rings (SSSR count). The number of hydrogen-bond donors (Lipinski definition) is 0. The second-order valence-corrected chi connectivity index (χ2v) is 14.8. The molecule has 0 aliphatic heterocycles. The molecule has 256 valence electrons. The highest BCUT2D eigenvalue weighted by Gasteiger charge is 2.22. The lowest BCUT2D eigenvalue weighted by atomic mass is 9.79. The van der Waals surface area contributed by atoms with E-state index in [4.69, 9.17) is 0 Å². The van der Waals surface area contributed by atoms with Gasteiger partial charge in [-0.25, -0.2) is 0 Å². The van der Waals surface area contributed by atoms with Crippen molar-refractivity contribution in [3.8, 4) is 22.3 Å². The Bertz CT molecular complexity index is 1650. The molecule has 0 amide bonds. The zero-order valence-corrected chi connectivity index (χ0v) is 32.3. The Morgan fingerprint density at radius 2 is 1.42 bits per heavy atom. The summed E-state index contributed by atoms with van der Waals surface area (Å²) in [6.45, 7) is 38.2. The van der Waals surface area contributed by atoms with Gasteiger partial charge in [0.05, 0.1) is 0 Å². The van der Waals surface area contributed by atoms with Crippen LogP contribution in [0.25, 0.3) is 28.3 Å². The van der Waals surface area contributed by atoms with Crippen LogP contribution >= 0.6 is 0 Å². The minimum Gasteiger partial charge on any atom is -0.102 e. The molecule has 0 radical (unpaired) electrons. The van der Waals surface area contributed by atoms with Crippen LogP contribution in [0.5, 0.6) is 0 Å². The number of unbranched alkanes of at least 4 members (excludes halogenated alkanes) is 1. The van der Waals surface area contributed by atoms with Crippen molar-refractivity contribution >= 4 is 6.08 Å². The fraction of sp³-hybridized carbons (Fsp3) is 0.417. The fourth-order valence-corrected chi connectivity index (χ4v) is 7.16. The lowest BCUT2D eigenvalue weighted by Crippen LogP contribution is -2.13. The van der Waals surface area contributed by atoms with Gasteiger partial charge in [-0.15, -0.1) is 6.58 Å². The molecule has 0 heterocycles. The molecule has 3 aromatic carbocycles. The van der Waals surface area contributed by atoms with Gasteiger partial charge in [0.2, 0.25) is 0 Å². The van der Waals surface area contributed by atoms with Crippen LogP contribution in [0.1, 0.15) is 114 Å². The van der Waals surface area contributed by atoms with Crippen molar-refractivity contribution in [3.63, 3.8) is 0 Å². The summed E-state index contributed by atoms with van der Waals surface area (Å²) in [5.41, 5.74) is 16.7. The van der Waals surface area contributed by atoms with Crippen LogP contribution < -0.4 is 0 Å². The Hall–Kier alpha value is -3.64. The molecular formula is C48H64. The number of hydrogen-bond acceptors (Lipinski definition) is 0. The van der Waals surface area contributed by atoms with E-state index in [9.17, 15) is 0 Å². The zero-order valence-electron chi connectivity index (χ0n) is 32.3. The molecule has 0 aliphatic rings. The van der Waals surface area contributed by atoms with E-state index in [1.165, 1.54) is 80.5 Å². The van der Waals surface area contributed by atoms with Gasteiger partial charge in [-0.1, -0.05) is 148 Å². The number of allylic oxidation sites excluding steroid dienone is 6. The van der Waals surface area contributed by atoms with Crippen LogP contribution in [0.3, 0.4) is 0 Å². The third kappa shape index (κ3) is 9.07. The van der Waals surface area contributed by atoms with Gasteiger partial charge in [0.1, 0.15) is 0 Å². The first-order chi connectivity index (χ1) is 22.8.